The summed E-state index contributed by atoms with van der Waals surface area (Å²) in [4.78, 5) is 14.5. The zero-order chi connectivity index (χ0) is 11.5. The number of aliphatic carboxylic acids is 1. The number of carboxylic acid groups (broad SMARTS) is 1. The van der Waals surface area contributed by atoms with Crippen molar-refractivity contribution in [2.75, 3.05) is 11.5 Å². The van der Waals surface area contributed by atoms with Gasteiger partial charge in [-0.2, -0.15) is 0 Å². The Hall–Kier alpha value is -1.69. The van der Waals surface area contributed by atoms with Gasteiger partial charge in [0.1, 0.15) is 5.52 Å². The van der Waals surface area contributed by atoms with Crippen molar-refractivity contribution in [2.24, 2.45) is 0 Å². The van der Waals surface area contributed by atoms with Crippen LogP contribution in [0.3, 0.4) is 0 Å². The van der Waals surface area contributed by atoms with E-state index in [1.165, 1.54) is 11.8 Å². The van der Waals surface area contributed by atoms with Crippen molar-refractivity contribution in [1.82, 2.24) is 4.98 Å². The van der Waals surface area contributed by atoms with Gasteiger partial charge in [-0.05, 0) is 12.1 Å². The predicted octanol–water partition coefficient (Wildman–Crippen LogP) is 1.98. The number of aromatic nitrogens is 1. The lowest BCUT2D eigenvalue weighted by Gasteiger charge is -1.91. The third-order valence-corrected chi connectivity index (χ3v) is 2.76. The van der Waals surface area contributed by atoms with Gasteiger partial charge in [-0.1, -0.05) is 11.8 Å². The normalized spacial score (nSPS) is 10.8. The molecule has 0 saturated carbocycles. The average molecular weight is 238 g/mol. The first kappa shape index (κ1) is 10.8. The fraction of sp³-hybridized carbons (Fsp3) is 0.200. The smallest absolute Gasteiger partial charge is 0.304 e. The maximum atomic E-state index is 10.3. The van der Waals surface area contributed by atoms with Gasteiger partial charge in [0.05, 0.1) is 6.42 Å². The van der Waals surface area contributed by atoms with Crippen LogP contribution in [0.1, 0.15) is 6.42 Å². The maximum absolute atomic E-state index is 10.3. The Balaban J connectivity index is 2.10. The van der Waals surface area contributed by atoms with E-state index in [2.05, 4.69) is 4.98 Å². The van der Waals surface area contributed by atoms with E-state index in [1.54, 1.807) is 18.2 Å². The summed E-state index contributed by atoms with van der Waals surface area (Å²) in [7, 11) is 0. The number of oxazole rings is 1. The van der Waals surface area contributed by atoms with Crippen molar-refractivity contribution in [2.45, 2.75) is 11.6 Å². The molecule has 1 aromatic carbocycles. The molecule has 0 aliphatic carbocycles. The number of benzene rings is 1. The van der Waals surface area contributed by atoms with Gasteiger partial charge in [-0.3, -0.25) is 4.79 Å². The van der Waals surface area contributed by atoms with Crippen LogP contribution in [0.5, 0.6) is 0 Å². The second-order valence-electron chi connectivity index (χ2n) is 3.20. The molecule has 0 aliphatic heterocycles. The van der Waals surface area contributed by atoms with Crippen LogP contribution in [0.25, 0.3) is 11.1 Å². The highest BCUT2D eigenvalue weighted by Crippen LogP contribution is 2.25. The Morgan fingerprint density at radius 1 is 1.56 bits per heavy atom. The van der Waals surface area contributed by atoms with Gasteiger partial charge < -0.3 is 15.3 Å². The summed E-state index contributed by atoms with van der Waals surface area (Å²) in [5, 5.41) is 8.96. The minimum Gasteiger partial charge on any atom is -0.481 e. The van der Waals surface area contributed by atoms with Crippen molar-refractivity contribution in [1.29, 1.82) is 0 Å². The number of rotatable bonds is 4. The molecule has 0 bridgehead atoms. The van der Waals surface area contributed by atoms with Gasteiger partial charge in [0.25, 0.3) is 5.22 Å². The first-order chi connectivity index (χ1) is 7.65. The number of nitrogen functional groups attached to an aromatic ring is 1. The molecule has 0 unspecified atom stereocenters. The minimum absolute atomic E-state index is 0.0888. The molecule has 0 fully saturated rings. The SMILES string of the molecule is Nc1ccc2nc(SCCC(=O)O)oc2c1. The lowest BCUT2D eigenvalue weighted by molar-refractivity contribution is -0.136. The molecule has 0 radical (unpaired) electrons. The molecule has 2 aromatic rings. The van der Waals surface area contributed by atoms with Crippen molar-refractivity contribution < 1.29 is 14.3 Å². The number of carboxylic acids is 1. The van der Waals surface area contributed by atoms with Crippen LogP contribution in [-0.2, 0) is 4.79 Å². The van der Waals surface area contributed by atoms with Crippen LogP contribution in [0, 0.1) is 0 Å². The molecule has 0 amide bonds. The topological polar surface area (TPSA) is 89.3 Å². The Morgan fingerprint density at radius 2 is 2.38 bits per heavy atom. The van der Waals surface area contributed by atoms with Gasteiger partial charge in [0.15, 0.2) is 5.58 Å². The highest BCUT2D eigenvalue weighted by molar-refractivity contribution is 7.99. The molecule has 1 aromatic heterocycles. The molecule has 84 valence electrons. The number of thioether (sulfide) groups is 1. The largest absolute Gasteiger partial charge is 0.481 e. The number of anilines is 1. The number of nitrogens with zero attached hydrogens (tertiary/aromatic N) is 1. The van der Waals surface area contributed by atoms with Crippen molar-refractivity contribution in [3.8, 4) is 0 Å². The number of nitrogens with two attached hydrogens (primary N) is 1. The molecule has 0 aliphatic rings. The van der Waals surface area contributed by atoms with E-state index in [0.29, 0.717) is 22.2 Å². The second-order valence-corrected chi connectivity index (χ2v) is 4.25. The lowest BCUT2D eigenvalue weighted by Crippen LogP contribution is -1.95. The predicted molar refractivity (Wildman–Crippen MR) is 61.4 cm³/mol. The standard InChI is InChI=1S/C10H10N2O3S/c11-6-1-2-7-8(5-6)15-10(12-7)16-4-3-9(13)14/h1-2,5H,3-4,11H2,(H,13,14). The summed E-state index contributed by atoms with van der Waals surface area (Å²) >= 11 is 1.28. The summed E-state index contributed by atoms with van der Waals surface area (Å²) in [6.45, 7) is 0. The third-order valence-electron chi connectivity index (χ3n) is 1.93. The van der Waals surface area contributed by atoms with E-state index < -0.39 is 5.97 Å². The maximum Gasteiger partial charge on any atom is 0.304 e. The Kier molecular flexibility index (Phi) is 3.00. The average Bonchev–Trinajstić information content (AvgIpc) is 2.58. The first-order valence-electron chi connectivity index (χ1n) is 4.66. The summed E-state index contributed by atoms with van der Waals surface area (Å²) in [5.41, 5.74) is 7.57. The van der Waals surface area contributed by atoms with Crippen LogP contribution in [-0.4, -0.2) is 21.8 Å². The fourth-order valence-electron chi connectivity index (χ4n) is 1.21. The van der Waals surface area contributed by atoms with Crippen LogP contribution >= 0.6 is 11.8 Å². The highest BCUT2D eigenvalue weighted by Gasteiger charge is 2.07. The van der Waals surface area contributed by atoms with E-state index in [9.17, 15) is 4.79 Å². The number of carbonyl (C=O) groups is 1. The summed E-state index contributed by atoms with van der Waals surface area (Å²) < 4.78 is 5.41. The molecule has 3 N–H and O–H groups in total. The molecular formula is C10H10N2O3S. The number of fused-ring (bicyclic) bond motifs is 1. The monoisotopic (exact) mass is 238 g/mol. The molecule has 0 atom stereocenters. The molecule has 16 heavy (non-hydrogen) atoms. The minimum atomic E-state index is -0.826. The number of hydrogen-bond donors (Lipinski definition) is 2. The van der Waals surface area contributed by atoms with E-state index in [1.807, 2.05) is 0 Å². The van der Waals surface area contributed by atoms with E-state index in [4.69, 9.17) is 15.3 Å². The van der Waals surface area contributed by atoms with Crippen molar-refractivity contribution in [3.63, 3.8) is 0 Å². The van der Waals surface area contributed by atoms with Crippen molar-refractivity contribution >= 4 is 34.5 Å². The summed E-state index contributed by atoms with van der Waals surface area (Å²) in [6, 6.07) is 5.22. The van der Waals surface area contributed by atoms with E-state index in [-0.39, 0.29) is 6.42 Å². The first-order valence-corrected chi connectivity index (χ1v) is 5.64. The Labute approximate surface area is 95.6 Å². The highest BCUT2D eigenvalue weighted by atomic mass is 32.2. The fourth-order valence-corrected chi connectivity index (χ4v) is 1.97. The van der Waals surface area contributed by atoms with Gasteiger partial charge in [0, 0.05) is 17.5 Å². The summed E-state index contributed by atoms with van der Waals surface area (Å²) in [5.74, 6) is -0.384. The van der Waals surface area contributed by atoms with Gasteiger partial charge in [-0.25, -0.2) is 4.98 Å². The van der Waals surface area contributed by atoms with Gasteiger partial charge in [-0.15, -0.1) is 0 Å². The van der Waals surface area contributed by atoms with Crippen molar-refractivity contribution in [3.05, 3.63) is 18.2 Å². The molecule has 2 rings (SSSR count). The number of hydrogen-bond acceptors (Lipinski definition) is 5. The molecular weight excluding hydrogens is 228 g/mol. The molecule has 5 nitrogen and oxygen atoms in total. The van der Waals surface area contributed by atoms with Gasteiger partial charge >= 0.3 is 5.97 Å². The molecule has 6 heteroatoms. The molecule has 1 heterocycles. The second kappa shape index (κ2) is 4.44. The lowest BCUT2D eigenvalue weighted by atomic mass is 10.3. The van der Waals surface area contributed by atoms with Crippen LogP contribution in [0.2, 0.25) is 0 Å². The molecule has 0 saturated heterocycles. The summed E-state index contributed by atoms with van der Waals surface area (Å²) in [6.07, 6.45) is 0.0888. The Morgan fingerprint density at radius 3 is 3.12 bits per heavy atom. The Bertz CT molecular complexity index is 524. The van der Waals surface area contributed by atoms with Crippen LogP contribution in [0.4, 0.5) is 5.69 Å². The van der Waals surface area contributed by atoms with E-state index in [0.717, 1.165) is 5.52 Å². The third kappa shape index (κ3) is 2.46. The van der Waals surface area contributed by atoms with E-state index >= 15 is 0 Å². The van der Waals surface area contributed by atoms with Gasteiger partial charge in [0.2, 0.25) is 0 Å². The van der Waals surface area contributed by atoms with Crippen LogP contribution < -0.4 is 5.73 Å². The zero-order valence-corrected chi connectivity index (χ0v) is 9.16. The van der Waals surface area contributed by atoms with Crippen LogP contribution in [0.15, 0.2) is 27.8 Å². The quantitative estimate of drug-likeness (QED) is 0.625. The molecule has 0 spiro atoms. The zero-order valence-electron chi connectivity index (χ0n) is 8.34.